The zero-order valence-electron chi connectivity index (χ0n) is 12.5. The van der Waals surface area contributed by atoms with Crippen LogP contribution in [0.4, 0.5) is 4.79 Å². The molecule has 0 aliphatic heterocycles. The third-order valence-electron chi connectivity index (χ3n) is 2.95. The Morgan fingerprint density at radius 3 is 2.55 bits per heavy atom. The van der Waals surface area contributed by atoms with E-state index in [4.69, 9.17) is 9.47 Å². The van der Waals surface area contributed by atoms with Crippen molar-refractivity contribution in [1.82, 2.24) is 10.6 Å². The Balaban J connectivity index is 1.52. The second kappa shape index (κ2) is 8.53. The summed E-state index contributed by atoms with van der Waals surface area (Å²) in [6.45, 7) is 0.499. The molecule has 2 N–H and O–H groups in total. The third-order valence-corrected chi connectivity index (χ3v) is 3.88. The summed E-state index contributed by atoms with van der Waals surface area (Å²) in [5.74, 6) is 2.17. The molecule has 3 amide bonds. The summed E-state index contributed by atoms with van der Waals surface area (Å²) < 4.78 is 10.6. The minimum Gasteiger partial charge on any atom is -0.497 e. The highest BCUT2D eigenvalue weighted by Crippen LogP contribution is 2.18. The fraction of sp³-hybridized carbons (Fsp3) is 0.467. The Kier molecular flexibility index (Phi) is 6.39. The van der Waals surface area contributed by atoms with Crippen molar-refractivity contribution in [3.63, 3.8) is 0 Å². The van der Waals surface area contributed by atoms with Gasteiger partial charge in [-0.1, -0.05) is 0 Å². The van der Waals surface area contributed by atoms with Gasteiger partial charge >= 0.3 is 6.03 Å². The van der Waals surface area contributed by atoms with Gasteiger partial charge in [0.2, 0.25) is 5.91 Å². The molecule has 1 aromatic rings. The lowest BCUT2D eigenvalue weighted by molar-refractivity contribution is -0.117. The highest BCUT2D eigenvalue weighted by Gasteiger charge is 2.23. The van der Waals surface area contributed by atoms with E-state index in [0.29, 0.717) is 12.4 Å². The van der Waals surface area contributed by atoms with E-state index in [2.05, 4.69) is 10.6 Å². The quantitative estimate of drug-likeness (QED) is 0.713. The predicted molar refractivity (Wildman–Crippen MR) is 85.5 cm³/mol. The summed E-state index contributed by atoms with van der Waals surface area (Å²) in [4.78, 5) is 22.9. The first kappa shape index (κ1) is 16.5. The summed E-state index contributed by atoms with van der Waals surface area (Å²) in [5.41, 5.74) is 0. The van der Waals surface area contributed by atoms with Crippen LogP contribution in [-0.2, 0) is 4.79 Å². The topological polar surface area (TPSA) is 76.7 Å². The van der Waals surface area contributed by atoms with Crippen molar-refractivity contribution in [2.45, 2.75) is 18.9 Å². The number of methoxy groups -OCH3 is 1. The minimum absolute atomic E-state index is 0.240. The van der Waals surface area contributed by atoms with Crippen LogP contribution in [0, 0.1) is 0 Å². The number of nitrogens with one attached hydrogen (secondary N) is 2. The van der Waals surface area contributed by atoms with Crippen LogP contribution in [0.5, 0.6) is 11.5 Å². The van der Waals surface area contributed by atoms with Gasteiger partial charge in [0.25, 0.3) is 0 Å². The van der Waals surface area contributed by atoms with E-state index in [1.54, 1.807) is 7.11 Å². The lowest BCUT2D eigenvalue weighted by Gasteiger charge is -2.07. The fourth-order valence-corrected chi connectivity index (χ4v) is 2.27. The molecule has 0 bridgehead atoms. The van der Waals surface area contributed by atoms with Gasteiger partial charge in [0.1, 0.15) is 11.5 Å². The number of rotatable bonds is 8. The average molecular weight is 324 g/mol. The number of imide groups is 1. The molecule has 0 unspecified atom stereocenters. The van der Waals surface area contributed by atoms with Crippen molar-refractivity contribution in [1.29, 1.82) is 0 Å². The first-order valence-corrected chi connectivity index (χ1v) is 8.28. The smallest absolute Gasteiger partial charge is 0.321 e. The molecule has 0 atom stereocenters. The molecule has 0 heterocycles. The molecule has 1 saturated carbocycles. The van der Waals surface area contributed by atoms with Gasteiger partial charge in [-0.15, -0.1) is 11.8 Å². The maximum Gasteiger partial charge on any atom is 0.321 e. The van der Waals surface area contributed by atoms with Gasteiger partial charge in [0.15, 0.2) is 0 Å². The number of urea groups is 1. The molecule has 22 heavy (non-hydrogen) atoms. The second-order valence-electron chi connectivity index (χ2n) is 4.87. The van der Waals surface area contributed by atoms with Gasteiger partial charge in [0, 0.05) is 11.8 Å². The molecule has 0 spiro atoms. The van der Waals surface area contributed by atoms with E-state index in [1.165, 1.54) is 11.8 Å². The van der Waals surface area contributed by atoms with Gasteiger partial charge in [0.05, 0.1) is 19.5 Å². The van der Waals surface area contributed by atoms with Gasteiger partial charge in [-0.05, 0) is 37.1 Å². The third kappa shape index (κ3) is 6.26. The maximum absolute atomic E-state index is 11.5. The number of benzene rings is 1. The van der Waals surface area contributed by atoms with Crippen LogP contribution in [0.2, 0.25) is 0 Å². The number of hydrogen-bond acceptors (Lipinski definition) is 5. The molecule has 1 aliphatic carbocycles. The largest absolute Gasteiger partial charge is 0.497 e. The first-order valence-electron chi connectivity index (χ1n) is 7.12. The summed E-state index contributed by atoms with van der Waals surface area (Å²) >= 11 is 1.42. The van der Waals surface area contributed by atoms with Crippen LogP contribution in [0.15, 0.2) is 24.3 Å². The van der Waals surface area contributed by atoms with Gasteiger partial charge in [-0.25, -0.2) is 4.79 Å². The van der Waals surface area contributed by atoms with Gasteiger partial charge in [-0.3, -0.25) is 10.1 Å². The molecule has 6 nitrogen and oxygen atoms in total. The molecular formula is C15H20N2O4S. The number of carbonyl (C=O) groups excluding carboxylic acids is 2. The van der Waals surface area contributed by atoms with Crippen molar-refractivity contribution in [2.75, 3.05) is 25.2 Å². The molecule has 0 saturated heterocycles. The first-order chi connectivity index (χ1) is 10.7. The van der Waals surface area contributed by atoms with E-state index in [-0.39, 0.29) is 17.7 Å². The molecule has 120 valence electrons. The molecule has 1 aliphatic rings. The fourth-order valence-electron chi connectivity index (χ4n) is 1.67. The van der Waals surface area contributed by atoms with Crippen molar-refractivity contribution < 1.29 is 19.1 Å². The summed E-state index contributed by atoms with van der Waals surface area (Å²) in [5, 5.41) is 5.01. The zero-order chi connectivity index (χ0) is 15.8. The van der Waals surface area contributed by atoms with E-state index in [1.807, 2.05) is 24.3 Å². The van der Waals surface area contributed by atoms with E-state index in [9.17, 15) is 9.59 Å². The molecule has 0 radical (unpaired) electrons. The number of thioether (sulfide) groups is 1. The molecule has 0 aromatic heterocycles. The maximum atomic E-state index is 11.5. The SMILES string of the molecule is COc1ccc(OCCSCC(=O)NC(=O)NC2CC2)cc1. The zero-order valence-corrected chi connectivity index (χ0v) is 13.3. The van der Waals surface area contributed by atoms with Crippen molar-refractivity contribution in [2.24, 2.45) is 0 Å². The monoisotopic (exact) mass is 324 g/mol. The summed E-state index contributed by atoms with van der Waals surface area (Å²) in [6.07, 6.45) is 2.00. The lowest BCUT2D eigenvalue weighted by atomic mass is 10.3. The number of hydrogen-bond donors (Lipinski definition) is 2. The van der Waals surface area contributed by atoms with Crippen molar-refractivity contribution in [3.8, 4) is 11.5 Å². The molecule has 1 aromatic carbocycles. The van der Waals surface area contributed by atoms with Crippen molar-refractivity contribution in [3.05, 3.63) is 24.3 Å². The van der Waals surface area contributed by atoms with Crippen LogP contribution < -0.4 is 20.1 Å². The molecular weight excluding hydrogens is 304 g/mol. The van der Waals surface area contributed by atoms with Crippen molar-refractivity contribution >= 4 is 23.7 Å². The Hall–Kier alpha value is -1.89. The average Bonchev–Trinajstić information content (AvgIpc) is 3.31. The Morgan fingerprint density at radius 2 is 1.91 bits per heavy atom. The number of amides is 3. The van der Waals surface area contributed by atoms with E-state index >= 15 is 0 Å². The number of ether oxygens (including phenoxy) is 2. The second-order valence-corrected chi connectivity index (χ2v) is 5.98. The predicted octanol–water partition coefficient (Wildman–Crippen LogP) is 1.80. The summed E-state index contributed by atoms with van der Waals surface area (Å²) in [7, 11) is 1.61. The van der Waals surface area contributed by atoms with Crippen LogP contribution in [0.3, 0.4) is 0 Å². The highest BCUT2D eigenvalue weighted by molar-refractivity contribution is 7.99. The van der Waals surface area contributed by atoms with Crippen LogP contribution in [0.1, 0.15) is 12.8 Å². The standard InChI is InChI=1S/C15H20N2O4S/c1-20-12-4-6-13(7-5-12)21-8-9-22-10-14(18)17-15(19)16-11-2-3-11/h4-7,11H,2-3,8-10H2,1H3,(H2,16,17,18,19). The van der Waals surface area contributed by atoms with Crippen LogP contribution in [-0.4, -0.2) is 43.2 Å². The van der Waals surface area contributed by atoms with Gasteiger partial charge in [-0.2, -0.15) is 0 Å². The molecule has 1 fully saturated rings. The lowest BCUT2D eigenvalue weighted by Crippen LogP contribution is -2.41. The Labute approximate surface area is 133 Å². The molecule has 7 heteroatoms. The minimum atomic E-state index is -0.400. The highest BCUT2D eigenvalue weighted by atomic mass is 32.2. The Bertz CT molecular complexity index is 503. The summed E-state index contributed by atoms with van der Waals surface area (Å²) in [6, 6.07) is 7.17. The molecule has 2 rings (SSSR count). The Morgan fingerprint density at radius 1 is 1.23 bits per heavy atom. The van der Waals surface area contributed by atoms with Gasteiger partial charge < -0.3 is 14.8 Å². The van der Waals surface area contributed by atoms with E-state index < -0.39 is 6.03 Å². The number of carbonyl (C=O) groups is 2. The normalized spacial score (nSPS) is 13.3. The van der Waals surface area contributed by atoms with Crippen LogP contribution in [0.25, 0.3) is 0 Å². The van der Waals surface area contributed by atoms with Crippen LogP contribution >= 0.6 is 11.8 Å². The van der Waals surface area contributed by atoms with E-state index in [0.717, 1.165) is 24.3 Å².